The zero-order valence-corrected chi connectivity index (χ0v) is 23.1. The highest BCUT2D eigenvalue weighted by molar-refractivity contribution is 6.06. The van der Waals surface area contributed by atoms with Gasteiger partial charge in [0, 0.05) is 61.0 Å². The maximum absolute atomic E-state index is 13.6. The van der Waals surface area contributed by atoms with Crippen LogP contribution in [0.3, 0.4) is 0 Å². The lowest BCUT2D eigenvalue weighted by molar-refractivity contribution is -0.113. The van der Waals surface area contributed by atoms with Crippen LogP contribution in [0.1, 0.15) is 32.3 Å². The first-order valence-electron chi connectivity index (χ1n) is 13.3. The predicted octanol–water partition coefficient (Wildman–Crippen LogP) is 4.96. The van der Waals surface area contributed by atoms with Crippen LogP contribution in [0.2, 0.25) is 0 Å². The zero-order chi connectivity index (χ0) is 27.1. The Morgan fingerprint density at radius 1 is 0.974 bits per heavy atom. The smallest absolute Gasteiger partial charge is 0.253 e. The van der Waals surface area contributed by atoms with Gasteiger partial charge in [0.1, 0.15) is 0 Å². The van der Waals surface area contributed by atoms with Gasteiger partial charge in [0.15, 0.2) is 11.5 Å². The molecule has 1 amide bonds. The molecule has 1 aliphatic heterocycles. The normalized spacial score (nSPS) is 16.6. The topological polar surface area (TPSA) is 72.5 Å². The Bertz CT molecular complexity index is 1150. The predicted molar refractivity (Wildman–Crippen MR) is 151 cm³/mol. The van der Waals surface area contributed by atoms with Crippen molar-refractivity contribution >= 4 is 23.4 Å². The van der Waals surface area contributed by atoms with Crippen molar-refractivity contribution in [1.82, 2.24) is 4.90 Å². The number of allylic oxidation sites excluding steroid dienone is 1. The minimum atomic E-state index is -0.124. The summed E-state index contributed by atoms with van der Waals surface area (Å²) in [5.41, 5.74) is 5.92. The van der Waals surface area contributed by atoms with E-state index in [4.69, 9.17) is 18.9 Å². The number of methoxy groups -OCH3 is 3. The zero-order valence-electron chi connectivity index (χ0n) is 23.1. The van der Waals surface area contributed by atoms with Crippen LogP contribution in [-0.2, 0) is 9.53 Å². The number of hydrogen-bond donors (Lipinski definition) is 1. The number of nitrogens with one attached hydrogen (secondary N) is 1. The molecular formula is C30H39N3O5. The number of anilines is 2. The molecule has 0 radical (unpaired) electrons. The van der Waals surface area contributed by atoms with Crippen LogP contribution in [0, 0.1) is 0 Å². The highest BCUT2D eigenvalue weighted by Gasteiger charge is 2.30. The molecule has 1 heterocycles. The van der Waals surface area contributed by atoms with E-state index in [-0.39, 0.29) is 5.91 Å². The second kappa shape index (κ2) is 12.7. The van der Waals surface area contributed by atoms with Crippen molar-refractivity contribution in [3.63, 3.8) is 0 Å². The third-order valence-corrected chi connectivity index (χ3v) is 7.12. The van der Waals surface area contributed by atoms with Gasteiger partial charge in [-0.25, -0.2) is 0 Å². The number of benzene rings is 2. The molecule has 0 atom stereocenters. The largest absolute Gasteiger partial charge is 0.493 e. The average Bonchev–Trinajstić information content (AvgIpc) is 3.38. The molecular weight excluding hydrogens is 482 g/mol. The van der Waals surface area contributed by atoms with Crippen LogP contribution in [-0.4, -0.2) is 71.5 Å². The summed E-state index contributed by atoms with van der Waals surface area (Å²) < 4.78 is 21.9. The highest BCUT2D eigenvalue weighted by atomic mass is 16.5. The van der Waals surface area contributed by atoms with Crippen LogP contribution in [0.15, 0.2) is 53.2 Å². The van der Waals surface area contributed by atoms with Gasteiger partial charge < -0.3 is 34.1 Å². The van der Waals surface area contributed by atoms with E-state index in [2.05, 4.69) is 59.3 Å². The van der Waals surface area contributed by atoms with Gasteiger partial charge in [-0.15, -0.1) is 0 Å². The van der Waals surface area contributed by atoms with E-state index in [1.165, 1.54) is 11.3 Å². The molecule has 204 valence electrons. The first-order chi connectivity index (χ1) is 18.5. The summed E-state index contributed by atoms with van der Waals surface area (Å²) in [6.07, 6.45) is 3.70. The van der Waals surface area contributed by atoms with Gasteiger partial charge in [-0.05, 0) is 56.0 Å². The monoisotopic (exact) mass is 521 g/mol. The minimum Gasteiger partial charge on any atom is -0.493 e. The maximum atomic E-state index is 13.6. The number of ether oxygens (including phenoxy) is 4. The van der Waals surface area contributed by atoms with Crippen molar-refractivity contribution in [3.8, 4) is 17.2 Å². The third kappa shape index (κ3) is 5.91. The Kier molecular flexibility index (Phi) is 9.18. The third-order valence-electron chi connectivity index (χ3n) is 7.12. The number of carbonyl (C=O) groups excluding carboxylic acids is 1. The van der Waals surface area contributed by atoms with Crippen LogP contribution in [0.4, 0.5) is 11.4 Å². The van der Waals surface area contributed by atoms with Crippen molar-refractivity contribution < 1.29 is 23.7 Å². The fourth-order valence-corrected chi connectivity index (χ4v) is 5.16. The summed E-state index contributed by atoms with van der Waals surface area (Å²) in [7, 11) is 4.68. The molecule has 0 spiro atoms. The van der Waals surface area contributed by atoms with Crippen LogP contribution in [0.5, 0.6) is 17.2 Å². The quantitative estimate of drug-likeness (QED) is 0.474. The lowest BCUT2D eigenvalue weighted by Gasteiger charge is -2.31. The maximum Gasteiger partial charge on any atom is 0.253 e. The summed E-state index contributed by atoms with van der Waals surface area (Å²) >= 11 is 0. The van der Waals surface area contributed by atoms with E-state index in [1.807, 2.05) is 0 Å². The number of nitrogens with zero attached hydrogens (tertiary/aromatic N) is 2. The Hall–Kier alpha value is -3.65. The SMILES string of the molecule is CCN(CC)c1ccc(C=C2CCC(C(=O)Nc3cc(OC)c(OC)c(OC)c3)=C2N2CCOCC2)cc1. The summed E-state index contributed by atoms with van der Waals surface area (Å²) in [5, 5.41) is 3.07. The average molecular weight is 522 g/mol. The minimum absolute atomic E-state index is 0.124. The van der Waals surface area contributed by atoms with Gasteiger partial charge in [-0.1, -0.05) is 12.1 Å². The van der Waals surface area contributed by atoms with Crippen molar-refractivity contribution in [2.75, 3.05) is 70.9 Å². The fourth-order valence-electron chi connectivity index (χ4n) is 5.16. The van der Waals surface area contributed by atoms with E-state index < -0.39 is 0 Å². The van der Waals surface area contributed by atoms with E-state index >= 15 is 0 Å². The molecule has 8 nitrogen and oxygen atoms in total. The van der Waals surface area contributed by atoms with Crippen molar-refractivity contribution in [1.29, 1.82) is 0 Å². The molecule has 4 rings (SSSR count). The number of hydrogen-bond acceptors (Lipinski definition) is 7. The van der Waals surface area contributed by atoms with E-state index in [0.29, 0.717) is 42.6 Å². The first-order valence-corrected chi connectivity index (χ1v) is 13.3. The molecule has 0 unspecified atom stereocenters. The fraction of sp³-hybridized carbons (Fsp3) is 0.433. The molecule has 38 heavy (non-hydrogen) atoms. The Morgan fingerprint density at radius 3 is 2.16 bits per heavy atom. The number of amides is 1. The van der Waals surface area contributed by atoms with Gasteiger partial charge in [0.05, 0.1) is 34.5 Å². The van der Waals surface area contributed by atoms with E-state index in [1.54, 1.807) is 33.5 Å². The molecule has 1 aliphatic carbocycles. The van der Waals surface area contributed by atoms with E-state index in [9.17, 15) is 4.79 Å². The summed E-state index contributed by atoms with van der Waals surface area (Å²) in [4.78, 5) is 18.3. The summed E-state index contributed by atoms with van der Waals surface area (Å²) in [6, 6.07) is 12.2. The molecule has 0 saturated carbocycles. The Balaban J connectivity index is 1.65. The number of rotatable bonds is 10. The first kappa shape index (κ1) is 27.4. The van der Waals surface area contributed by atoms with Crippen LogP contribution < -0.4 is 24.4 Å². The summed E-state index contributed by atoms with van der Waals surface area (Å²) in [5.74, 6) is 1.34. The van der Waals surface area contributed by atoms with Gasteiger partial charge in [0.25, 0.3) is 5.91 Å². The van der Waals surface area contributed by atoms with Crippen molar-refractivity contribution in [2.45, 2.75) is 26.7 Å². The summed E-state index contributed by atoms with van der Waals surface area (Å²) in [6.45, 7) is 9.11. The Morgan fingerprint density at radius 2 is 1.61 bits per heavy atom. The molecule has 0 bridgehead atoms. The van der Waals surface area contributed by atoms with Gasteiger partial charge in [0.2, 0.25) is 5.75 Å². The Labute approximate surface area is 225 Å². The molecule has 0 aromatic heterocycles. The molecule has 2 aliphatic rings. The lowest BCUT2D eigenvalue weighted by Crippen LogP contribution is -2.36. The molecule has 1 N–H and O–H groups in total. The van der Waals surface area contributed by atoms with Gasteiger partial charge >= 0.3 is 0 Å². The molecule has 1 fully saturated rings. The van der Waals surface area contributed by atoms with Crippen molar-refractivity contribution in [3.05, 3.63) is 58.8 Å². The molecule has 1 saturated heterocycles. The second-order valence-corrected chi connectivity index (χ2v) is 9.23. The lowest BCUT2D eigenvalue weighted by atomic mass is 10.1. The van der Waals surface area contributed by atoms with Crippen LogP contribution in [0.25, 0.3) is 6.08 Å². The van der Waals surface area contributed by atoms with Gasteiger partial charge in [-0.2, -0.15) is 0 Å². The number of carbonyl (C=O) groups is 1. The molecule has 2 aromatic carbocycles. The van der Waals surface area contributed by atoms with Crippen LogP contribution >= 0.6 is 0 Å². The van der Waals surface area contributed by atoms with Crippen molar-refractivity contribution in [2.24, 2.45) is 0 Å². The van der Waals surface area contributed by atoms with Gasteiger partial charge in [-0.3, -0.25) is 4.79 Å². The highest BCUT2D eigenvalue weighted by Crippen LogP contribution is 2.41. The van der Waals surface area contributed by atoms with E-state index in [0.717, 1.165) is 49.4 Å². The standard InChI is InChI=1S/C30H39N3O5/c1-6-32(7-2)24-11-8-21(9-12-24)18-22-10-13-25(28(22)33-14-16-38-17-15-33)30(34)31-23-19-26(35-3)29(37-5)27(20-23)36-4/h8-9,11-12,18-20H,6-7,10,13-17H2,1-5H3,(H,31,34). The molecule has 8 heteroatoms. The molecule has 2 aromatic rings. The number of morpholine rings is 1. The second-order valence-electron chi connectivity index (χ2n) is 9.23.